The molecule has 1 atom stereocenters. The monoisotopic (exact) mass is 523 g/mol. The Labute approximate surface area is 225 Å². The summed E-state index contributed by atoms with van der Waals surface area (Å²) in [6.07, 6.45) is 5.11. The van der Waals surface area contributed by atoms with Crippen LogP contribution in [0.25, 0.3) is 22.1 Å². The number of nitrogens with zero attached hydrogens (tertiary/aromatic N) is 8. The van der Waals surface area contributed by atoms with Gasteiger partial charge in [0.1, 0.15) is 28.9 Å². The fourth-order valence-corrected chi connectivity index (χ4v) is 5.30. The molecule has 1 N–H and O–H groups in total. The summed E-state index contributed by atoms with van der Waals surface area (Å²) in [4.78, 5) is 27.5. The van der Waals surface area contributed by atoms with E-state index in [1.807, 2.05) is 54.9 Å². The number of morpholine rings is 1. The van der Waals surface area contributed by atoms with Crippen molar-refractivity contribution < 1.29 is 9.47 Å². The van der Waals surface area contributed by atoms with E-state index >= 15 is 0 Å². The van der Waals surface area contributed by atoms with Crippen LogP contribution in [0.3, 0.4) is 0 Å². The molecule has 2 fully saturated rings. The molecule has 0 amide bonds. The van der Waals surface area contributed by atoms with Gasteiger partial charge in [0.25, 0.3) is 0 Å². The highest BCUT2D eigenvalue weighted by Crippen LogP contribution is 2.31. The molecule has 0 aliphatic carbocycles. The molecule has 0 saturated carbocycles. The maximum absolute atomic E-state index is 6.18. The number of imidazole rings is 1. The first-order valence-electron chi connectivity index (χ1n) is 13.1. The minimum Gasteiger partial charge on any atom is -0.457 e. The summed E-state index contributed by atoms with van der Waals surface area (Å²) in [6, 6.07) is 12.3. The number of fused-ring (bicyclic) bond motifs is 3. The Hall–Kier alpha value is -4.35. The van der Waals surface area contributed by atoms with E-state index in [-0.39, 0.29) is 0 Å². The molecule has 2 saturated heterocycles. The lowest BCUT2D eigenvalue weighted by atomic mass is 10.1. The fourth-order valence-electron chi connectivity index (χ4n) is 5.30. The maximum atomic E-state index is 6.18. The highest BCUT2D eigenvalue weighted by molar-refractivity contribution is 5.87. The number of ether oxygens (including phenoxy) is 2. The van der Waals surface area contributed by atoms with Gasteiger partial charge in [-0.3, -0.25) is 4.90 Å². The van der Waals surface area contributed by atoms with Crippen molar-refractivity contribution in [1.29, 1.82) is 0 Å². The Kier molecular flexibility index (Phi) is 5.94. The molecule has 2 aliphatic heterocycles. The van der Waals surface area contributed by atoms with Crippen LogP contribution in [-0.4, -0.2) is 79.8 Å². The van der Waals surface area contributed by atoms with Gasteiger partial charge in [-0.1, -0.05) is 0 Å². The number of hydrogen-bond donors (Lipinski definition) is 1. The average Bonchev–Trinajstić information content (AvgIpc) is 3.34. The van der Waals surface area contributed by atoms with Crippen LogP contribution in [0.4, 0.5) is 17.5 Å². The van der Waals surface area contributed by atoms with Crippen LogP contribution in [0.5, 0.6) is 11.5 Å². The van der Waals surface area contributed by atoms with Crippen LogP contribution < -0.4 is 15.0 Å². The van der Waals surface area contributed by atoms with Crippen molar-refractivity contribution in [2.24, 2.45) is 7.05 Å². The summed E-state index contributed by atoms with van der Waals surface area (Å²) < 4.78 is 13.9. The molecule has 7 rings (SSSR count). The molecule has 39 heavy (non-hydrogen) atoms. The van der Waals surface area contributed by atoms with E-state index < -0.39 is 0 Å². The zero-order valence-electron chi connectivity index (χ0n) is 21.9. The number of aryl methyl sites for hydroxylation is 2. The van der Waals surface area contributed by atoms with E-state index in [0.717, 1.165) is 73.2 Å². The molecule has 0 radical (unpaired) electrons. The van der Waals surface area contributed by atoms with Crippen LogP contribution in [0.2, 0.25) is 0 Å². The Morgan fingerprint density at radius 1 is 1.00 bits per heavy atom. The van der Waals surface area contributed by atoms with Crippen LogP contribution in [-0.2, 0) is 11.8 Å². The Morgan fingerprint density at radius 2 is 1.95 bits per heavy atom. The summed E-state index contributed by atoms with van der Waals surface area (Å²) >= 11 is 0. The van der Waals surface area contributed by atoms with E-state index in [2.05, 4.69) is 35.1 Å². The van der Waals surface area contributed by atoms with Crippen molar-refractivity contribution in [1.82, 2.24) is 34.4 Å². The maximum Gasteiger partial charge on any atom is 0.226 e. The van der Waals surface area contributed by atoms with Crippen molar-refractivity contribution >= 4 is 39.5 Å². The number of nitrogens with one attached hydrogen (secondary N) is 1. The van der Waals surface area contributed by atoms with Gasteiger partial charge in [0.05, 0.1) is 42.8 Å². The van der Waals surface area contributed by atoms with Crippen molar-refractivity contribution in [2.75, 3.05) is 49.6 Å². The zero-order valence-corrected chi connectivity index (χ0v) is 21.9. The van der Waals surface area contributed by atoms with Crippen molar-refractivity contribution in [2.45, 2.75) is 13.0 Å². The van der Waals surface area contributed by atoms with Gasteiger partial charge in [0, 0.05) is 45.0 Å². The molecule has 198 valence electrons. The first-order chi connectivity index (χ1) is 19.1. The molecule has 0 spiro atoms. The van der Waals surface area contributed by atoms with E-state index in [1.165, 1.54) is 6.33 Å². The fraction of sp³-hybridized carbons (Fsp3) is 0.321. The second-order valence-corrected chi connectivity index (χ2v) is 10.1. The molecule has 2 aliphatic rings. The second-order valence-electron chi connectivity index (χ2n) is 10.1. The number of piperazine rings is 1. The highest BCUT2D eigenvalue weighted by Gasteiger charge is 2.30. The number of anilines is 3. The van der Waals surface area contributed by atoms with Crippen molar-refractivity contribution in [3.63, 3.8) is 0 Å². The van der Waals surface area contributed by atoms with Crippen LogP contribution in [0.1, 0.15) is 5.56 Å². The minimum atomic E-state index is 0.367. The van der Waals surface area contributed by atoms with Crippen LogP contribution >= 0.6 is 0 Å². The van der Waals surface area contributed by atoms with Gasteiger partial charge in [-0.15, -0.1) is 0 Å². The minimum absolute atomic E-state index is 0.367. The first-order valence-corrected chi connectivity index (χ1v) is 13.1. The van der Waals surface area contributed by atoms with Gasteiger partial charge in [-0.2, -0.15) is 0 Å². The molecule has 2 aromatic carbocycles. The lowest BCUT2D eigenvalue weighted by Gasteiger charge is -2.43. The summed E-state index contributed by atoms with van der Waals surface area (Å²) in [5, 5.41) is 3.42. The van der Waals surface area contributed by atoms with Gasteiger partial charge < -0.3 is 24.3 Å². The van der Waals surface area contributed by atoms with Crippen molar-refractivity contribution in [3.05, 3.63) is 60.8 Å². The van der Waals surface area contributed by atoms with E-state index in [1.54, 1.807) is 12.5 Å². The normalized spacial score (nSPS) is 17.9. The summed E-state index contributed by atoms with van der Waals surface area (Å²) in [5.41, 5.74) is 5.21. The third-order valence-corrected chi connectivity index (χ3v) is 7.45. The highest BCUT2D eigenvalue weighted by atomic mass is 16.5. The number of aromatic nitrogens is 6. The van der Waals surface area contributed by atoms with Gasteiger partial charge in [-0.25, -0.2) is 24.9 Å². The van der Waals surface area contributed by atoms with Gasteiger partial charge in [0.15, 0.2) is 5.82 Å². The quantitative estimate of drug-likeness (QED) is 0.367. The Bertz CT molecular complexity index is 1670. The topological polar surface area (TPSA) is 106 Å². The Morgan fingerprint density at radius 3 is 2.87 bits per heavy atom. The number of benzene rings is 2. The standard InChI is InChI=1S/C28H29N9O2/c1-18-11-19(3-6-25(18)39-21-4-5-24-22(12-21)32-17-35(24)2)33-27-26-23(30-16-31-27)13-29-28(34-26)37-8-7-36-9-10-38-15-20(36)14-37/h3-6,11-13,16-17,20H,7-10,14-15H2,1-2H3,(H,30,31,33)/t20-/m1/s1. The van der Waals surface area contributed by atoms with E-state index in [4.69, 9.17) is 14.5 Å². The smallest absolute Gasteiger partial charge is 0.226 e. The number of rotatable bonds is 5. The molecule has 5 aromatic rings. The summed E-state index contributed by atoms with van der Waals surface area (Å²) in [7, 11) is 1.98. The van der Waals surface area contributed by atoms with Gasteiger partial charge in [0.2, 0.25) is 5.95 Å². The molecular weight excluding hydrogens is 494 g/mol. The molecular formula is C28H29N9O2. The molecule has 11 heteroatoms. The lowest BCUT2D eigenvalue weighted by molar-refractivity contribution is -0.0118. The van der Waals surface area contributed by atoms with E-state index in [0.29, 0.717) is 28.8 Å². The van der Waals surface area contributed by atoms with Crippen LogP contribution in [0.15, 0.2) is 55.2 Å². The molecule has 3 aromatic heterocycles. The summed E-state index contributed by atoms with van der Waals surface area (Å²) in [5.74, 6) is 2.85. The molecule has 0 bridgehead atoms. The number of hydrogen-bond acceptors (Lipinski definition) is 10. The average molecular weight is 524 g/mol. The van der Waals surface area contributed by atoms with Crippen molar-refractivity contribution in [3.8, 4) is 11.5 Å². The second kappa shape index (κ2) is 9.75. The zero-order chi connectivity index (χ0) is 26.3. The predicted octanol–water partition coefficient (Wildman–Crippen LogP) is 3.67. The Balaban J connectivity index is 1.11. The summed E-state index contributed by atoms with van der Waals surface area (Å²) in [6.45, 7) is 7.27. The molecule has 11 nitrogen and oxygen atoms in total. The molecule has 5 heterocycles. The largest absolute Gasteiger partial charge is 0.457 e. The van der Waals surface area contributed by atoms with Crippen LogP contribution in [0, 0.1) is 6.92 Å². The predicted molar refractivity (Wildman–Crippen MR) is 149 cm³/mol. The first kappa shape index (κ1) is 23.7. The third kappa shape index (κ3) is 4.59. The lowest BCUT2D eigenvalue weighted by Crippen LogP contribution is -2.58. The van der Waals surface area contributed by atoms with E-state index in [9.17, 15) is 0 Å². The van der Waals surface area contributed by atoms with Gasteiger partial charge in [-0.05, 0) is 42.8 Å². The molecule has 0 unspecified atom stereocenters. The SMILES string of the molecule is Cc1cc(Nc2ncnc3cnc(N4CCN5CCOC[C@H]5C4)nc23)ccc1Oc1ccc2c(c1)ncn2C. The third-order valence-electron chi connectivity index (χ3n) is 7.45. The van der Waals surface area contributed by atoms with Gasteiger partial charge >= 0.3 is 0 Å².